The third-order valence-corrected chi connectivity index (χ3v) is 3.41. The number of hydrogen-bond acceptors (Lipinski definition) is 14. The van der Waals surface area contributed by atoms with Crippen LogP contribution in [-0.2, 0) is 9.47 Å². The minimum atomic E-state index is -4.97. The first-order chi connectivity index (χ1) is 13.8. The molecular formula is C7H6ClF3N6O14. The van der Waals surface area contributed by atoms with Crippen LogP contribution in [0.2, 0.25) is 0 Å². The van der Waals surface area contributed by atoms with Gasteiger partial charge in [0.2, 0.25) is 13.2 Å². The number of ether oxygens (including phenoxy) is 2. The standard InChI is InChI=1S/C7H6ClF3N6O14/c8-4(1-5(9,12(18)19)13(20)21,30-2-6(10,14(22)23)15(24)25)31-3-7(11,16(26)27)17(28)29/h1-3H2. The fourth-order valence-electron chi connectivity index (χ4n) is 1.35. The number of hydrogen-bond donors (Lipinski definition) is 0. The van der Waals surface area contributed by atoms with Crippen LogP contribution in [0.5, 0.6) is 0 Å². The zero-order valence-electron chi connectivity index (χ0n) is 14.0. The highest BCUT2D eigenvalue weighted by atomic mass is 35.5. The Hall–Kier alpha value is -3.60. The number of nitro groups is 6. The van der Waals surface area contributed by atoms with E-state index >= 15 is 0 Å². The van der Waals surface area contributed by atoms with Gasteiger partial charge in [-0.15, -0.1) is 0 Å². The third-order valence-electron chi connectivity index (χ3n) is 3.06. The number of nitrogens with zero attached hydrogens (tertiary/aromatic N) is 6. The lowest BCUT2D eigenvalue weighted by molar-refractivity contribution is -0.843. The van der Waals surface area contributed by atoms with Crippen LogP contribution < -0.4 is 0 Å². The van der Waals surface area contributed by atoms with E-state index in [1.807, 2.05) is 0 Å². The molecule has 0 fully saturated rings. The number of halogens is 4. The van der Waals surface area contributed by atoms with Crippen molar-refractivity contribution >= 4 is 11.6 Å². The van der Waals surface area contributed by atoms with Gasteiger partial charge in [0, 0.05) is 0 Å². The molecule has 0 bridgehead atoms. The molecule has 0 atom stereocenters. The first-order valence-electron chi connectivity index (χ1n) is 6.69. The van der Waals surface area contributed by atoms with Crippen molar-refractivity contribution < 1.29 is 52.2 Å². The van der Waals surface area contributed by atoms with Gasteiger partial charge in [0.05, 0.1) is 0 Å². The van der Waals surface area contributed by atoms with E-state index in [9.17, 15) is 73.9 Å². The molecule has 0 spiro atoms. The van der Waals surface area contributed by atoms with Crippen molar-refractivity contribution in [3.05, 3.63) is 60.7 Å². The maximum atomic E-state index is 14.0. The summed E-state index contributed by atoms with van der Waals surface area (Å²) in [6, 6.07) is 0. The van der Waals surface area contributed by atoms with E-state index in [0.29, 0.717) is 0 Å². The van der Waals surface area contributed by atoms with Crippen molar-refractivity contribution in [1.82, 2.24) is 0 Å². The molecule has 0 aromatic carbocycles. The summed E-state index contributed by atoms with van der Waals surface area (Å²) in [5, 5.41) is 59.0. The zero-order valence-corrected chi connectivity index (χ0v) is 14.8. The van der Waals surface area contributed by atoms with E-state index < -0.39 is 72.2 Å². The maximum absolute atomic E-state index is 14.0. The van der Waals surface area contributed by atoms with E-state index in [2.05, 4.69) is 9.47 Å². The van der Waals surface area contributed by atoms with Gasteiger partial charge >= 0.3 is 17.7 Å². The van der Waals surface area contributed by atoms with Crippen molar-refractivity contribution in [1.29, 1.82) is 0 Å². The summed E-state index contributed by atoms with van der Waals surface area (Å²) < 4.78 is 49.3. The topological polar surface area (TPSA) is 277 Å². The Bertz CT molecular complexity index is 727. The summed E-state index contributed by atoms with van der Waals surface area (Å²) in [7, 11) is 0. The van der Waals surface area contributed by atoms with Gasteiger partial charge in [-0.1, -0.05) is 24.8 Å². The third kappa shape index (κ3) is 5.72. The fraction of sp³-hybridized carbons (Fsp3) is 1.00. The summed E-state index contributed by atoms with van der Waals surface area (Å²) >= 11 is 5.23. The Morgan fingerprint density at radius 2 is 0.806 bits per heavy atom. The highest BCUT2D eigenvalue weighted by Crippen LogP contribution is 2.35. The molecule has 0 amide bonds. The Balaban J connectivity index is 6.18. The van der Waals surface area contributed by atoms with Gasteiger partial charge < -0.3 is 9.47 Å². The first kappa shape index (κ1) is 27.4. The van der Waals surface area contributed by atoms with Crippen molar-refractivity contribution in [3.8, 4) is 0 Å². The Kier molecular flexibility index (Phi) is 7.99. The van der Waals surface area contributed by atoms with Crippen LogP contribution in [-0.4, -0.2) is 65.7 Å². The second kappa shape index (κ2) is 9.04. The van der Waals surface area contributed by atoms with Crippen LogP contribution in [0.25, 0.3) is 0 Å². The average Bonchev–Trinajstić information content (AvgIpc) is 2.63. The Morgan fingerprint density at radius 3 is 1.00 bits per heavy atom. The molecule has 0 unspecified atom stereocenters. The van der Waals surface area contributed by atoms with Gasteiger partial charge in [0.25, 0.3) is 5.25 Å². The number of rotatable bonds is 14. The SMILES string of the molecule is O=[N+]([O-])C(F)(COC(Cl)(CC(F)([N+](=O)[O-])[N+](=O)[O-])OCC(F)([N+](=O)[O-])[N+](=O)[O-])[N+](=O)[O-]. The molecule has 0 N–H and O–H groups in total. The molecule has 0 aromatic rings. The second-order valence-electron chi connectivity index (χ2n) is 5.11. The normalized spacial score (nSPS) is 12.8. The predicted octanol–water partition coefficient (Wildman–Crippen LogP) is -0.168. The fourth-order valence-corrected chi connectivity index (χ4v) is 1.63. The Labute approximate surface area is 168 Å². The molecule has 0 aliphatic heterocycles. The summed E-state index contributed by atoms with van der Waals surface area (Å²) in [6.07, 6.45) is -2.61. The van der Waals surface area contributed by atoms with Crippen LogP contribution in [0, 0.1) is 60.7 Å². The van der Waals surface area contributed by atoms with Crippen LogP contribution >= 0.6 is 11.6 Å². The molecule has 0 heterocycles. The monoisotopic (exact) mass is 490 g/mol. The summed E-state index contributed by atoms with van der Waals surface area (Å²) in [5.74, 6) is -14.7. The zero-order chi connectivity index (χ0) is 25.0. The van der Waals surface area contributed by atoms with Crippen LogP contribution in [0.4, 0.5) is 13.2 Å². The van der Waals surface area contributed by atoms with Crippen LogP contribution in [0.15, 0.2) is 0 Å². The van der Waals surface area contributed by atoms with Gasteiger partial charge in [-0.25, -0.2) is 0 Å². The van der Waals surface area contributed by atoms with Gasteiger partial charge in [0.1, 0.15) is 29.5 Å². The maximum Gasteiger partial charge on any atom is 0.637 e. The van der Waals surface area contributed by atoms with Gasteiger partial charge in [-0.2, -0.15) is 0 Å². The van der Waals surface area contributed by atoms with Crippen molar-refractivity contribution in [2.45, 2.75) is 29.4 Å². The quantitative estimate of drug-likeness (QED) is 0.100. The van der Waals surface area contributed by atoms with E-state index in [4.69, 9.17) is 11.6 Å². The Morgan fingerprint density at radius 1 is 0.581 bits per heavy atom. The highest BCUT2D eigenvalue weighted by molar-refractivity contribution is 6.21. The van der Waals surface area contributed by atoms with Crippen molar-refractivity contribution in [2.75, 3.05) is 13.2 Å². The molecule has 0 aliphatic carbocycles. The largest absolute Gasteiger partial charge is 0.637 e. The molecule has 0 saturated heterocycles. The summed E-state index contributed by atoms with van der Waals surface area (Å²) in [4.78, 5) is 49.4. The van der Waals surface area contributed by atoms with Crippen molar-refractivity contribution in [3.63, 3.8) is 0 Å². The molecule has 31 heavy (non-hydrogen) atoms. The molecule has 0 aromatic heterocycles. The van der Waals surface area contributed by atoms with Gasteiger partial charge in [-0.05, 0) is 0 Å². The first-order valence-corrected chi connectivity index (χ1v) is 7.07. The molecule has 0 saturated carbocycles. The summed E-state index contributed by atoms with van der Waals surface area (Å²) in [5.41, 5.74) is 0. The smallest absolute Gasteiger partial charge is 0.317 e. The van der Waals surface area contributed by atoms with Gasteiger partial charge in [0.15, 0.2) is 6.42 Å². The predicted molar refractivity (Wildman–Crippen MR) is 78.6 cm³/mol. The van der Waals surface area contributed by atoms with E-state index in [0.717, 1.165) is 0 Å². The molecule has 0 rings (SSSR count). The molecule has 176 valence electrons. The minimum absolute atomic E-state index is 2.28. The summed E-state index contributed by atoms with van der Waals surface area (Å²) in [6.45, 7) is -5.09. The second-order valence-corrected chi connectivity index (χ2v) is 5.69. The van der Waals surface area contributed by atoms with E-state index in [1.165, 1.54) is 0 Å². The molecule has 24 heteroatoms. The number of alkyl halides is 4. The minimum Gasteiger partial charge on any atom is -0.317 e. The lowest BCUT2D eigenvalue weighted by atomic mass is 10.3. The lowest BCUT2D eigenvalue weighted by Crippen LogP contribution is -2.54. The molecule has 20 nitrogen and oxygen atoms in total. The average molecular weight is 491 g/mol. The highest BCUT2D eigenvalue weighted by Gasteiger charge is 2.68. The molecular weight excluding hydrogens is 485 g/mol. The van der Waals surface area contributed by atoms with Gasteiger partial charge in [-0.3, -0.25) is 60.7 Å². The van der Waals surface area contributed by atoms with Crippen LogP contribution in [0.1, 0.15) is 6.42 Å². The van der Waals surface area contributed by atoms with Crippen LogP contribution in [0.3, 0.4) is 0 Å². The molecule has 0 aliphatic rings. The van der Waals surface area contributed by atoms with E-state index in [-0.39, 0.29) is 0 Å². The van der Waals surface area contributed by atoms with E-state index in [1.54, 1.807) is 0 Å². The van der Waals surface area contributed by atoms with Crippen molar-refractivity contribution in [2.24, 2.45) is 0 Å². The molecule has 0 radical (unpaired) electrons. The lowest BCUT2D eigenvalue weighted by Gasteiger charge is -2.27.